The van der Waals surface area contributed by atoms with E-state index in [-0.39, 0.29) is 31.1 Å². The molecule has 0 heterocycles. The predicted molar refractivity (Wildman–Crippen MR) is 140 cm³/mol. The zero-order chi connectivity index (χ0) is 23.5. The van der Waals surface area contributed by atoms with Crippen LogP contribution in [0, 0.1) is 96.0 Å². The van der Waals surface area contributed by atoms with E-state index in [2.05, 4.69) is 114 Å². The van der Waals surface area contributed by atoms with Gasteiger partial charge in [-0.25, -0.2) is 0 Å². The van der Waals surface area contributed by atoms with Gasteiger partial charge in [-0.3, -0.25) is 0 Å². The van der Waals surface area contributed by atoms with Crippen LogP contribution < -0.4 is 0 Å². The molecule has 30 heavy (non-hydrogen) atoms. The fourth-order valence-electron chi connectivity index (χ4n) is 4.11. The van der Waals surface area contributed by atoms with Gasteiger partial charge >= 0.3 is 0 Å². The van der Waals surface area contributed by atoms with E-state index in [1.165, 1.54) is 59.2 Å². The van der Waals surface area contributed by atoms with E-state index in [4.69, 9.17) is 0 Å². The van der Waals surface area contributed by atoms with Crippen molar-refractivity contribution < 1.29 is 31.1 Å². The molecule has 0 spiro atoms. The van der Waals surface area contributed by atoms with Crippen LogP contribution in [0.25, 0.3) is 0 Å². The molecule has 0 aromatic carbocycles. The normalized spacial score (nSPS) is 23.2. The maximum atomic E-state index is 2.65. The quantitative estimate of drug-likeness (QED) is 0.204. The van der Waals surface area contributed by atoms with E-state index in [0.717, 1.165) is 0 Å². The van der Waals surface area contributed by atoms with Crippen molar-refractivity contribution in [2.24, 2.45) is 0 Å². The second-order valence-electron chi connectivity index (χ2n) is 11.1. The van der Waals surface area contributed by atoms with Gasteiger partial charge in [-0.2, -0.15) is 0 Å². The number of hydrogen-bond acceptors (Lipinski definition) is 0. The molecule has 2 aliphatic rings. The first kappa shape index (κ1) is 33.7. The van der Waals surface area contributed by atoms with E-state index in [1.54, 1.807) is 0 Å². The molecule has 0 saturated heterocycles. The number of rotatable bonds is 2. The molecule has 0 aromatic heterocycles. The Morgan fingerprint density at radius 1 is 0.333 bits per heavy atom. The average molecular weight is 668 g/mol. The van der Waals surface area contributed by atoms with Crippen LogP contribution in [0.4, 0.5) is 0 Å². The largest absolute Gasteiger partial charge is 0.327 e. The molecular formula is C27H49Si2U-. The van der Waals surface area contributed by atoms with Crippen LogP contribution in [0.5, 0.6) is 0 Å². The smallest absolute Gasteiger partial charge is 0 e. The molecule has 170 valence electrons. The Morgan fingerprint density at radius 3 is 0.467 bits per heavy atom. The van der Waals surface area contributed by atoms with Gasteiger partial charge in [0, 0.05) is 31.1 Å². The second kappa shape index (κ2) is 13.4. The maximum Gasteiger partial charge on any atom is 0 e. The Kier molecular flexibility index (Phi) is 15.0. The molecule has 2 aliphatic carbocycles. The zero-order valence-corrected chi connectivity index (χ0v) is 29.2. The van der Waals surface area contributed by atoms with E-state index in [1.807, 2.05) is 0 Å². The van der Waals surface area contributed by atoms with Crippen LogP contribution >= 0.6 is 0 Å². The van der Waals surface area contributed by atoms with E-state index in [0.29, 0.717) is 0 Å². The van der Waals surface area contributed by atoms with Crippen LogP contribution in [0.15, 0.2) is 0 Å². The molecule has 0 unspecified atom stereocenters. The van der Waals surface area contributed by atoms with Gasteiger partial charge in [0.25, 0.3) is 0 Å². The Morgan fingerprint density at radius 2 is 0.433 bits per heavy atom. The van der Waals surface area contributed by atoms with Gasteiger partial charge < -0.3 is 5.67 Å². The third-order valence-corrected chi connectivity index (χ3v) is 13.4. The van der Waals surface area contributed by atoms with Crippen molar-refractivity contribution in [1.82, 2.24) is 0 Å². The van der Waals surface area contributed by atoms with Gasteiger partial charge in [0.1, 0.15) is 0 Å². The van der Waals surface area contributed by atoms with Crippen LogP contribution in [0.1, 0.15) is 69.2 Å². The summed E-state index contributed by atoms with van der Waals surface area (Å²) >= 11 is 0. The third kappa shape index (κ3) is 10.6. The van der Waals surface area contributed by atoms with Gasteiger partial charge in [0.05, 0.1) is 0 Å². The molecule has 0 amide bonds. The van der Waals surface area contributed by atoms with E-state index >= 15 is 0 Å². The molecule has 0 atom stereocenters. The SMILES string of the molecule is C[C]1[C](C)[C](C)[C](C)[C]1C.C[C]1[C](C)[C](C)[C](C)[C]1C.C[Si](C)(C)[CH-][Si](C)(C)C.[U]. The fraction of sp³-hybridized carbons (Fsp3) is 0.593. The molecule has 2 rings (SSSR count). The van der Waals surface area contributed by atoms with Crippen molar-refractivity contribution >= 4 is 16.1 Å². The Bertz CT molecular complexity index is 333. The molecule has 0 N–H and O–H groups in total. The minimum absolute atomic E-state index is 0. The summed E-state index contributed by atoms with van der Waals surface area (Å²) in [5.41, 5.74) is 2.65. The monoisotopic (exact) mass is 667 g/mol. The molecule has 0 aliphatic heterocycles. The van der Waals surface area contributed by atoms with Crippen LogP contribution in [-0.2, 0) is 0 Å². The van der Waals surface area contributed by atoms with Crippen molar-refractivity contribution in [2.75, 3.05) is 0 Å². The van der Waals surface area contributed by atoms with Gasteiger partial charge in [-0.05, 0) is 59.2 Å². The standard InChI is InChI=1S/2C10H15.C7H19Si2.U/c2*1-6-7(2)9(4)10(5)8(6)3;1-8(2,3)7-9(4,5)6;/h2*1-5H3;7H,1-6H3;/q;;-1;. The van der Waals surface area contributed by atoms with Crippen molar-refractivity contribution in [2.45, 2.75) is 109 Å². The average Bonchev–Trinajstić information content (AvgIpc) is 2.83. The summed E-state index contributed by atoms with van der Waals surface area (Å²) in [5, 5.41) is 0. The molecule has 2 saturated carbocycles. The summed E-state index contributed by atoms with van der Waals surface area (Å²) in [5.74, 6) is 14.7. The summed E-state index contributed by atoms with van der Waals surface area (Å²) in [7, 11) is -1.71. The van der Waals surface area contributed by atoms with Crippen LogP contribution in [0.2, 0.25) is 39.3 Å². The maximum absolute atomic E-state index is 2.65. The van der Waals surface area contributed by atoms with Gasteiger partial charge in [-0.15, -0.1) is 16.1 Å². The topological polar surface area (TPSA) is 0 Å². The van der Waals surface area contributed by atoms with Crippen LogP contribution in [-0.4, -0.2) is 16.1 Å². The molecular weight excluding hydrogens is 618 g/mol. The predicted octanol–water partition coefficient (Wildman–Crippen LogP) is 8.89. The first-order chi connectivity index (χ1) is 12.8. The molecule has 0 aromatic rings. The first-order valence-electron chi connectivity index (χ1n) is 11.1. The Balaban J connectivity index is 0. The summed E-state index contributed by atoms with van der Waals surface area (Å²) < 4.78 is 0. The first-order valence-corrected chi connectivity index (χ1v) is 18.2. The Labute approximate surface area is 219 Å². The van der Waals surface area contributed by atoms with E-state index < -0.39 is 16.1 Å². The number of hydrogen-bond donors (Lipinski definition) is 0. The molecule has 10 radical (unpaired) electrons. The van der Waals surface area contributed by atoms with Gasteiger partial charge in [0.15, 0.2) is 0 Å². The summed E-state index contributed by atoms with van der Waals surface area (Å²) in [6.45, 7) is 36.4. The van der Waals surface area contributed by atoms with Crippen molar-refractivity contribution in [1.29, 1.82) is 0 Å². The zero-order valence-electron chi connectivity index (χ0n) is 23.1. The molecule has 0 bridgehead atoms. The summed E-state index contributed by atoms with van der Waals surface area (Å²) in [6, 6.07) is 0. The van der Waals surface area contributed by atoms with Crippen molar-refractivity contribution in [3.8, 4) is 0 Å². The fourth-order valence-corrected chi connectivity index (χ4v) is 14.5. The molecule has 2 fully saturated rings. The summed E-state index contributed by atoms with van der Waals surface area (Å²) in [6.07, 6.45) is 0. The molecule has 0 nitrogen and oxygen atoms in total. The third-order valence-electron chi connectivity index (χ3n) is 6.49. The second-order valence-corrected chi connectivity index (χ2v) is 21.7. The minimum atomic E-state index is -0.856. The van der Waals surface area contributed by atoms with Gasteiger partial charge in [0.2, 0.25) is 0 Å². The Hall–Kier alpha value is 1.49. The van der Waals surface area contributed by atoms with Gasteiger partial charge in [-0.1, -0.05) is 109 Å². The van der Waals surface area contributed by atoms with E-state index in [9.17, 15) is 0 Å². The van der Waals surface area contributed by atoms with Crippen molar-refractivity contribution in [3.05, 3.63) is 64.8 Å². The molecule has 3 heteroatoms. The van der Waals surface area contributed by atoms with Crippen LogP contribution in [0.3, 0.4) is 0 Å². The van der Waals surface area contributed by atoms with Crippen molar-refractivity contribution in [3.63, 3.8) is 0 Å². The minimum Gasteiger partial charge on any atom is -0.327 e. The summed E-state index contributed by atoms with van der Waals surface area (Å²) in [4.78, 5) is 0.